The molecule has 1 fully saturated rings. The van der Waals surface area contributed by atoms with Crippen molar-refractivity contribution in [1.82, 2.24) is 14.6 Å². The van der Waals surface area contributed by atoms with Gasteiger partial charge in [0.05, 0.1) is 12.1 Å². The quantitative estimate of drug-likeness (QED) is 0.731. The summed E-state index contributed by atoms with van der Waals surface area (Å²) in [6.07, 6.45) is 4.45. The van der Waals surface area contributed by atoms with Crippen LogP contribution in [0.1, 0.15) is 58.8 Å². The predicted octanol–water partition coefficient (Wildman–Crippen LogP) is 3.04. The molecule has 2 aromatic heterocycles. The largest absolute Gasteiger partial charge is 0.280 e. The van der Waals surface area contributed by atoms with Gasteiger partial charge in [-0.15, -0.1) is 11.3 Å². The highest BCUT2D eigenvalue weighted by Crippen LogP contribution is 2.32. The van der Waals surface area contributed by atoms with Crippen LogP contribution in [0.5, 0.6) is 0 Å². The highest BCUT2D eigenvalue weighted by atomic mass is 32.2. The zero-order valence-corrected chi connectivity index (χ0v) is 17.9. The van der Waals surface area contributed by atoms with Crippen LogP contribution < -0.4 is 4.72 Å². The molecule has 3 atom stereocenters. The second-order valence-corrected chi connectivity index (χ2v) is 10.9. The topological polar surface area (TPSA) is 96.4 Å². The predicted molar refractivity (Wildman–Crippen MR) is 109 cm³/mol. The lowest BCUT2D eigenvalue weighted by atomic mass is 9.78. The van der Waals surface area contributed by atoms with Crippen molar-refractivity contribution in [3.63, 3.8) is 0 Å². The summed E-state index contributed by atoms with van der Waals surface area (Å²) in [5.41, 5.74) is 0.424. The van der Waals surface area contributed by atoms with E-state index in [2.05, 4.69) is 23.6 Å². The van der Waals surface area contributed by atoms with E-state index < -0.39 is 21.8 Å². The smallest absolute Gasteiger partial charge is 0.268 e. The van der Waals surface area contributed by atoms with Gasteiger partial charge in [0.2, 0.25) is 10.0 Å². The molecule has 3 heterocycles. The molecule has 154 valence electrons. The van der Waals surface area contributed by atoms with Crippen molar-refractivity contribution < 1.29 is 18.0 Å². The average Bonchev–Trinajstić information content (AvgIpc) is 3.26. The average molecular weight is 434 g/mol. The van der Waals surface area contributed by atoms with Crippen LogP contribution in [0.15, 0.2) is 34.7 Å². The van der Waals surface area contributed by atoms with Crippen LogP contribution in [0, 0.1) is 11.8 Å². The normalized spacial score (nSPS) is 24.8. The first-order valence-electron chi connectivity index (χ1n) is 9.70. The maximum absolute atomic E-state index is 12.9. The molecule has 1 aliphatic carbocycles. The number of amides is 2. The third kappa shape index (κ3) is 3.74. The Labute approximate surface area is 174 Å². The Morgan fingerprint density at radius 2 is 1.97 bits per heavy atom. The number of sulfonamides is 1. The second kappa shape index (κ2) is 7.62. The van der Waals surface area contributed by atoms with E-state index in [0.717, 1.165) is 35.5 Å². The summed E-state index contributed by atoms with van der Waals surface area (Å²) < 4.78 is 28.8. The number of carbonyl (C=O) groups excluding carboxylic acids is 2. The summed E-state index contributed by atoms with van der Waals surface area (Å²) in [6, 6.07) is 6.31. The Morgan fingerprint density at radius 1 is 1.17 bits per heavy atom. The molecule has 0 bridgehead atoms. The number of fused-ring (bicyclic) bond motifs is 1. The maximum atomic E-state index is 12.9. The first-order chi connectivity index (χ1) is 13.8. The van der Waals surface area contributed by atoms with Crippen molar-refractivity contribution in [2.45, 2.75) is 49.9 Å². The Hall–Kier alpha value is -2.10. The van der Waals surface area contributed by atoms with E-state index in [1.165, 1.54) is 12.3 Å². The van der Waals surface area contributed by atoms with Gasteiger partial charge in [0.1, 0.15) is 9.90 Å². The fraction of sp³-hybridized carbons (Fsp3) is 0.450. The zero-order chi connectivity index (χ0) is 20.8. The van der Waals surface area contributed by atoms with Crippen molar-refractivity contribution in [2.24, 2.45) is 11.8 Å². The van der Waals surface area contributed by atoms with Gasteiger partial charge in [0.15, 0.2) is 0 Å². The fourth-order valence-electron chi connectivity index (χ4n) is 4.01. The van der Waals surface area contributed by atoms with Crippen molar-refractivity contribution in [2.75, 3.05) is 0 Å². The summed E-state index contributed by atoms with van der Waals surface area (Å²) in [4.78, 5) is 30.7. The first-order valence-corrected chi connectivity index (χ1v) is 12.0. The minimum atomic E-state index is -3.64. The molecular weight excluding hydrogens is 410 g/mol. The SMILES string of the molecule is CC1CCCC(NS(=O)(=O)c2ccc(CN3C(=O)c4cccnc4C3=O)s2)C1C. The van der Waals surface area contributed by atoms with Gasteiger partial charge < -0.3 is 0 Å². The number of nitrogens with zero attached hydrogens (tertiary/aromatic N) is 2. The lowest BCUT2D eigenvalue weighted by Crippen LogP contribution is -2.43. The van der Waals surface area contributed by atoms with E-state index >= 15 is 0 Å². The van der Waals surface area contributed by atoms with Gasteiger partial charge in [-0.2, -0.15) is 0 Å². The van der Waals surface area contributed by atoms with Gasteiger partial charge in [-0.1, -0.05) is 26.7 Å². The van der Waals surface area contributed by atoms with Crippen molar-refractivity contribution >= 4 is 33.2 Å². The molecule has 3 unspecified atom stereocenters. The lowest BCUT2D eigenvalue weighted by Gasteiger charge is -2.34. The third-order valence-corrected chi connectivity index (χ3v) is 9.01. The maximum Gasteiger partial charge on any atom is 0.280 e. The van der Waals surface area contributed by atoms with Crippen LogP contribution in [-0.4, -0.2) is 36.2 Å². The molecule has 29 heavy (non-hydrogen) atoms. The summed E-state index contributed by atoms with van der Waals surface area (Å²) >= 11 is 1.08. The van der Waals surface area contributed by atoms with Crippen LogP contribution in [0.2, 0.25) is 0 Å². The van der Waals surface area contributed by atoms with Gasteiger partial charge in [-0.3, -0.25) is 19.5 Å². The fourth-order valence-corrected chi connectivity index (χ4v) is 6.73. The molecule has 7 nitrogen and oxygen atoms in total. The number of rotatable bonds is 5. The zero-order valence-electron chi connectivity index (χ0n) is 16.3. The standard InChI is InChI=1S/C20H23N3O4S2/c1-12-5-3-7-16(13(12)2)22-29(26,27)17-9-8-14(28-17)11-23-19(24)15-6-4-10-21-18(15)20(23)25/h4,6,8-10,12-13,16,22H,3,5,7,11H2,1-2H3. The van der Waals surface area contributed by atoms with Crippen LogP contribution in [0.25, 0.3) is 0 Å². The van der Waals surface area contributed by atoms with E-state index in [1.807, 2.05) is 0 Å². The molecule has 2 aromatic rings. The summed E-state index contributed by atoms with van der Waals surface area (Å²) in [5, 5.41) is 0. The van der Waals surface area contributed by atoms with Crippen molar-refractivity contribution in [3.8, 4) is 0 Å². The van der Waals surface area contributed by atoms with E-state index in [0.29, 0.717) is 10.8 Å². The van der Waals surface area contributed by atoms with Gasteiger partial charge in [-0.05, 0) is 42.5 Å². The van der Waals surface area contributed by atoms with Crippen molar-refractivity contribution in [1.29, 1.82) is 0 Å². The molecule has 0 radical (unpaired) electrons. The van der Waals surface area contributed by atoms with E-state index in [-0.39, 0.29) is 34.0 Å². The molecule has 2 amide bonds. The molecule has 2 aliphatic rings. The Morgan fingerprint density at radius 3 is 2.72 bits per heavy atom. The first kappa shape index (κ1) is 20.2. The highest BCUT2D eigenvalue weighted by Gasteiger charge is 2.37. The molecule has 9 heteroatoms. The van der Waals surface area contributed by atoms with Crippen LogP contribution in [-0.2, 0) is 16.6 Å². The lowest BCUT2D eigenvalue weighted by molar-refractivity contribution is 0.0642. The van der Waals surface area contributed by atoms with E-state index in [4.69, 9.17) is 0 Å². The molecule has 4 rings (SSSR count). The number of aromatic nitrogens is 1. The number of imide groups is 1. The van der Waals surface area contributed by atoms with Crippen molar-refractivity contribution in [3.05, 3.63) is 46.6 Å². The van der Waals surface area contributed by atoms with Gasteiger partial charge in [0, 0.05) is 17.1 Å². The van der Waals surface area contributed by atoms with Crippen LogP contribution in [0.4, 0.5) is 0 Å². The number of nitrogens with one attached hydrogen (secondary N) is 1. The highest BCUT2D eigenvalue weighted by molar-refractivity contribution is 7.91. The van der Waals surface area contributed by atoms with Crippen LogP contribution >= 0.6 is 11.3 Å². The molecule has 0 aromatic carbocycles. The molecule has 1 aliphatic heterocycles. The van der Waals surface area contributed by atoms with Gasteiger partial charge >= 0.3 is 0 Å². The number of carbonyl (C=O) groups is 2. The van der Waals surface area contributed by atoms with Crippen LogP contribution in [0.3, 0.4) is 0 Å². The molecule has 1 saturated carbocycles. The van der Waals surface area contributed by atoms with Gasteiger partial charge in [0.25, 0.3) is 11.8 Å². The Bertz CT molecular complexity index is 1030. The third-order valence-electron chi connectivity index (χ3n) is 5.96. The number of thiophene rings is 1. The molecule has 0 saturated heterocycles. The minimum absolute atomic E-state index is 0.0328. The summed E-state index contributed by atoms with van der Waals surface area (Å²) in [5.74, 6) is -0.0906. The second-order valence-electron chi connectivity index (χ2n) is 7.81. The van der Waals surface area contributed by atoms with E-state index in [9.17, 15) is 18.0 Å². The molecule has 0 spiro atoms. The number of hydrogen-bond acceptors (Lipinski definition) is 6. The Kier molecular flexibility index (Phi) is 5.30. The summed E-state index contributed by atoms with van der Waals surface area (Å²) in [6.45, 7) is 4.28. The monoisotopic (exact) mass is 433 g/mol. The summed E-state index contributed by atoms with van der Waals surface area (Å²) in [7, 11) is -3.64. The van der Waals surface area contributed by atoms with Gasteiger partial charge in [-0.25, -0.2) is 13.1 Å². The molecular formula is C20H23N3O4S2. The van der Waals surface area contributed by atoms with E-state index in [1.54, 1.807) is 18.2 Å². The minimum Gasteiger partial charge on any atom is -0.268 e. The Balaban J connectivity index is 1.49. The molecule has 1 N–H and O–H groups in total. The number of pyridine rings is 1. The number of hydrogen-bond donors (Lipinski definition) is 1.